The number of nitrogens with one attached hydrogen (secondary N) is 1. The van der Waals surface area contributed by atoms with Gasteiger partial charge in [-0.1, -0.05) is 6.07 Å². The van der Waals surface area contributed by atoms with E-state index in [0.29, 0.717) is 0 Å². The highest BCUT2D eigenvalue weighted by Crippen LogP contribution is 2.15. The van der Waals surface area contributed by atoms with Crippen LogP contribution in [0.3, 0.4) is 0 Å². The van der Waals surface area contributed by atoms with Crippen molar-refractivity contribution in [1.29, 1.82) is 0 Å². The van der Waals surface area contributed by atoms with Crippen LogP contribution in [-0.2, 0) is 10.0 Å². The Bertz CT molecular complexity index is 653. The third-order valence-corrected chi connectivity index (χ3v) is 3.57. The van der Waals surface area contributed by atoms with Gasteiger partial charge >= 0.3 is 0 Å². The molecule has 0 spiro atoms. The molecule has 0 unspecified atom stereocenters. The van der Waals surface area contributed by atoms with E-state index in [-0.39, 0.29) is 16.5 Å². The van der Waals surface area contributed by atoms with Crippen molar-refractivity contribution in [3.8, 4) is 0 Å². The van der Waals surface area contributed by atoms with Crippen LogP contribution in [0.2, 0.25) is 0 Å². The zero-order valence-corrected chi connectivity index (χ0v) is 10.5. The van der Waals surface area contributed by atoms with Crippen LogP contribution in [0.5, 0.6) is 0 Å². The van der Waals surface area contributed by atoms with Gasteiger partial charge in [0.2, 0.25) is 0 Å². The number of rotatable bonds is 3. The zero-order valence-electron chi connectivity index (χ0n) is 9.66. The topological polar surface area (TPSA) is 98.0 Å². The molecule has 0 saturated heterocycles. The molecule has 6 nitrogen and oxygen atoms in total. The molecular weight excluding hydrogens is 252 g/mol. The third-order valence-electron chi connectivity index (χ3n) is 2.21. The molecule has 7 heteroatoms. The Morgan fingerprint density at radius 2 is 2.00 bits per heavy atom. The normalized spacial score (nSPS) is 11.2. The van der Waals surface area contributed by atoms with E-state index in [0.717, 1.165) is 5.56 Å². The Hall–Kier alpha value is -2.15. The second-order valence-corrected chi connectivity index (χ2v) is 5.43. The zero-order chi connectivity index (χ0) is 13.2. The molecule has 0 radical (unpaired) electrons. The minimum absolute atomic E-state index is 0.0531. The van der Waals surface area contributed by atoms with E-state index in [1.165, 1.54) is 18.3 Å². The van der Waals surface area contributed by atoms with Gasteiger partial charge in [-0.25, -0.2) is 18.4 Å². The van der Waals surface area contributed by atoms with Gasteiger partial charge < -0.3 is 5.73 Å². The predicted octanol–water partition coefficient (Wildman–Crippen LogP) is 1.17. The lowest BCUT2D eigenvalue weighted by Crippen LogP contribution is -2.14. The number of hydrogen-bond acceptors (Lipinski definition) is 5. The maximum atomic E-state index is 12.0. The highest BCUT2D eigenvalue weighted by Gasteiger charge is 2.15. The molecule has 18 heavy (non-hydrogen) atoms. The predicted molar refractivity (Wildman–Crippen MR) is 68.4 cm³/mol. The van der Waals surface area contributed by atoms with Gasteiger partial charge in [-0.15, -0.1) is 0 Å². The number of nitrogens with zero attached hydrogens (tertiary/aromatic N) is 2. The summed E-state index contributed by atoms with van der Waals surface area (Å²) in [4.78, 5) is 7.77. The summed E-state index contributed by atoms with van der Waals surface area (Å²) >= 11 is 0. The first-order valence-corrected chi connectivity index (χ1v) is 6.63. The van der Waals surface area contributed by atoms with Crippen molar-refractivity contribution in [3.63, 3.8) is 0 Å². The van der Waals surface area contributed by atoms with Crippen LogP contribution in [0.25, 0.3) is 0 Å². The van der Waals surface area contributed by atoms with Gasteiger partial charge in [-0.2, -0.15) is 0 Å². The van der Waals surface area contributed by atoms with Crippen molar-refractivity contribution >= 4 is 21.7 Å². The SMILES string of the molecule is Cc1ccc(NS(=O)(=O)c2ccnc(N)c2)nc1. The summed E-state index contributed by atoms with van der Waals surface area (Å²) in [5.74, 6) is 0.408. The van der Waals surface area contributed by atoms with E-state index in [9.17, 15) is 8.42 Å². The Morgan fingerprint density at radius 1 is 1.22 bits per heavy atom. The van der Waals surface area contributed by atoms with Gasteiger partial charge in [0.05, 0.1) is 4.90 Å². The summed E-state index contributed by atoms with van der Waals surface area (Å²) in [7, 11) is -3.68. The lowest BCUT2D eigenvalue weighted by molar-refractivity contribution is 0.601. The van der Waals surface area contributed by atoms with Crippen LogP contribution in [0.15, 0.2) is 41.6 Å². The monoisotopic (exact) mass is 264 g/mol. The summed E-state index contributed by atoms with van der Waals surface area (Å²) in [6.45, 7) is 1.87. The molecule has 0 fully saturated rings. The molecule has 3 N–H and O–H groups in total. The molecule has 0 amide bonds. The molecule has 2 aromatic rings. The number of anilines is 2. The average Bonchev–Trinajstić information content (AvgIpc) is 2.32. The molecule has 0 atom stereocenters. The fourth-order valence-electron chi connectivity index (χ4n) is 1.32. The Morgan fingerprint density at radius 3 is 2.61 bits per heavy atom. The molecule has 2 aromatic heterocycles. The molecular formula is C11H12N4O2S. The van der Waals surface area contributed by atoms with Gasteiger partial charge in [0.15, 0.2) is 0 Å². The van der Waals surface area contributed by atoms with Crippen LogP contribution in [0.1, 0.15) is 5.56 Å². The Kier molecular flexibility index (Phi) is 3.15. The first-order chi connectivity index (χ1) is 8.47. The summed E-state index contributed by atoms with van der Waals surface area (Å²) in [6.07, 6.45) is 2.92. The standard InChI is InChI=1S/C11H12N4O2S/c1-8-2-3-11(14-7-8)15-18(16,17)9-4-5-13-10(12)6-9/h2-7H,1H3,(H2,12,13)(H,14,15). The lowest BCUT2D eigenvalue weighted by atomic mass is 10.3. The van der Waals surface area contributed by atoms with E-state index >= 15 is 0 Å². The van der Waals surface area contributed by atoms with Gasteiger partial charge in [0.1, 0.15) is 11.6 Å². The number of sulfonamides is 1. The van der Waals surface area contributed by atoms with Gasteiger partial charge in [-0.05, 0) is 24.6 Å². The quantitative estimate of drug-likeness (QED) is 0.867. The number of hydrogen-bond donors (Lipinski definition) is 2. The number of aryl methyl sites for hydroxylation is 1. The second kappa shape index (κ2) is 4.61. The second-order valence-electron chi connectivity index (χ2n) is 3.74. The van der Waals surface area contributed by atoms with E-state index < -0.39 is 10.0 Å². The average molecular weight is 264 g/mol. The highest BCUT2D eigenvalue weighted by molar-refractivity contribution is 7.92. The molecule has 0 aromatic carbocycles. The fourth-order valence-corrected chi connectivity index (χ4v) is 2.35. The Balaban J connectivity index is 2.30. The lowest BCUT2D eigenvalue weighted by Gasteiger charge is -2.07. The molecule has 0 aliphatic carbocycles. The van der Waals surface area contributed by atoms with E-state index in [4.69, 9.17) is 5.73 Å². The molecule has 94 valence electrons. The highest BCUT2D eigenvalue weighted by atomic mass is 32.2. The van der Waals surface area contributed by atoms with Gasteiger partial charge in [-0.3, -0.25) is 4.72 Å². The molecule has 0 bridgehead atoms. The summed E-state index contributed by atoms with van der Waals surface area (Å²) in [5, 5.41) is 0. The van der Waals surface area contributed by atoms with Crippen LogP contribution in [-0.4, -0.2) is 18.4 Å². The van der Waals surface area contributed by atoms with Gasteiger partial charge in [0.25, 0.3) is 10.0 Å². The smallest absolute Gasteiger partial charge is 0.263 e. The summed E-state index contributed by atoms with van der Waals surface area (Å²) < 4.78 is 26.4. The minimum atomic E-state index is -3.68. The van der Waals surface area contributed by atoms with Crippen molar-refractivity contribution in [2.75, 3.05) is 10.5 Å². The molecule has 0 saturated carbocycles. The Labute approximate surface area is 105 Å². The fraction of sp³-hybridized carbons (Fsp3) is 0.0909. The van der Waals surface area contributed by atoms with E-state index in [1.807, 2.05) is 6.92 Å². The molecule has 2 rings (SSSR count). The van der Waals surface area contributed by atoms with Crippen molar-refractivity contribution in [1.82, 2.24) is 9.97 Å². The first kappa shape index (κ1) is 12.3. The van der Waals surface area contributed by atoms with Gasteiger partial charge in [0, 0.05) is 18.5 Å². The maximum Gasteiger partial charge on any atom is 0.263 e. The van der Waals surface area contributed by atoms with E-state index in [2.05, 4.69) is 14.7 Å². The summed E-state index contributed by atoms with van der Waals surface area (Å²) in [6, 6.07) is 6.02. The molecule has 2 heterocycles. The molecule has 0 aliphatic heterocycles. The van der Waals surface area contributed by atoms with E-state index in [1.54, 1.807) is 18.3 Å². The number of nitrogens with two attached hydrogens (primary N) is 1. The van der Waals surface area contributed by atoms with Crippen molar-refractivity contribution in [2.24, 2.45) is 0 Å². The molecule has 0 aliphatic rings. The number of nitrogen functional groups attached to an aromatic ring is 1. The minimum Gasteiger partial charge on any atom is -0.384 e. The number of aromatic nitrogens is 2. The van der Waals surface area contributed by atoms with Crippen molar-refractivity contribution in [2.45, 2.75) is 11.8 Å². The first-order valence-electron chi connectivity index (χ1n) is 5.14. The van der Waals surface area contributed by atoms with Crippen LogP contribution < -0.4 is 10.5 Å². The maximum absolute atomic E-state index is 12.0. The van der Waals surface area contributed by atoms with Crippen LogP contribution in [0, 0.1) is 6.92 Å². The van der Waals surface area contributed by atoms with Crippen molar-refractivity contribution < 1.29 is 8.42 Å². The summed E-state index contributed by atoms with van der Waals surface area (Å²) in [5.41, 5.74) is 6.40. The largest absolute Gasteiger partial charge is 0.384 e. The van der Waals surface area contributed by atoms with Crippen LogP contribution >= 0.6 is 0 Å². The van der Waals surface area contributed by atoms with Crippen LogP contribution in [0.4, 0.5) is 11.6 Å². The third kappa shape index (κ3) is 2.75. The number of pyridine rings is 2. The van der Waals surface area contributed by atoms with Crippen molar-refractivity contribution in [3.05, 3.63) is 42.2 Å².